The summed E-state index contributed by atoms with van der Waals surface area (Å²) in [5.41, 5.74) is 1.02. The van der Waals surface area contributed by atoms with Gasteiger partial charge in [-0.05, 0) is 12.8 Å². The Balaban J connectivity index is 1.92. The second-order valence-electron chi connectivity index (χ2n) is 4.92. The van der Waals surface area contributed by atoms with Gasteiger partial charge >= 0.3 is 0 Å². The quantitative estimate of drug-likeness (QED) is 0.787. The fraction of sp³-hybridized carbons (Fsp3) is 0.250. The summed E-state index contributed by atoms with van der Waals surface area (Å²) in [4.78, 5) is 9.16. The molecule has 1 fully saturated rings. The molecule has 0 aliphatic heterocycles. The molecule has 0 radical (unpaired) electrons. The standard InChI is InChI=1S/C16H18N4/c1-2-10-17-14-11-15(18-13-8-9-13)20-16(19-14)12-6-4-3-5-7-12/h2-7,11,13H,1,8-10H2,(H2,17,18,19,20). The zero-order chi connectivity index (χ0) is 13.8. The van der Waals surface area contributed by atoms with E-state index in [1.54, 1.807) is 0 Å². The fourth-order valence-corrected chi connectivity index (χ4v) is 1.94. The van der Waals surface area contributed by atoms with Crippen molar-refractivity contribution in [3.63, 3.8) is 0 Å². The Morgan fingerprint density at radius 2 is 1.90 bits per heavy atom. The van der Waals surface area contributed by atoms with Crippen molar-refractivity contribution >= 4 is 11.6 Å². The van der Waals surface area contributed by atoms with E-state index in [0.29, 0.717) is 12.6 Å². The Labute approximate surface area is 119 Å². The lowest BCUT2D eigenvalue weighted by molar-refractivity contribution is 1.08. The molecule has 0 atom stereocenters. The minimum Gasteiger partial charge on any atom is -0.367 e. The van der Waals surface area contributed by atoms with Crippen LogP contribution in [0.5, 0.6) is 0 Å². The van der Waals surface area contributed by atoms with Gasteiger partial charge in [0.2, 0.25) is 0 Å². The number of aromatic nitrogens is 2. The maximum Gasteiger partial charge on any atom is 0.163 e. The van der Waals surface area contributed by atoms with Gasteiger partial charge in [0.1, 0.15) is 11.6 Å². The molecule has 0 unspecified atom stereocenters. The molecule has 1 aromatic heterocycles. The summed E-state index contributed by atoms with van der Waals surface area (Å²) in [6, 6.07) is 12.6. The molecule has 0 saturated heterocycles. The van der Waals surface area contributed by atoms with Crippen LogP contribution in [0.3, 0.4) is 0 Å². The average Bonchev–Trinajstić information content (AvgIpc) is 3.30. The predicted octanol–water partition coefficient (Wildman–Crippen LogP) is 3.32. The van der Waals surface area contributed by atoms with E-state index < -0.39 is 0 Å². The third kappa shape index (κ3) is 3.15. The third-order valence-electron chi connectivity index (χ3n) is 3.12. The van der Waals surface area contributed by atoms with Crippen LogP contribution in [0, 0.1) is 0 Å². The van der Waals surface area contributed by atoms with Crippen LogP contribution in [0.1, 0.15) is 12.8 Å². The van der Waals surface area contributed by atoms with Crippen molar-refractivity contribution in [3.05, 3.63) is 49.1 Å². The molecular weight excluding hydrogens is 248 g/mol. The van der Waals surface area contributed by atoms with Crippen LogP contribution >= 0.6 is 0 Å². The number of anilines is 2. The highest BCUT2D eigenvalue weighted by molar-refractivity contribution is 5.61. The van der Waals surface area contributed by atoms with Gasteiger partial charge in [0.15, 0.2) is 5.82 Å². The monoisotopic (exact) mass is 266 g/mol. The number of benzene rings is 1. The molecule has 102 valence electrons. The molecule has 4 nitrogen and oxygen atoms in total. The highest BCUT2D eigenvalue weighted by Gasteiger charge is 2.21. The van der Waals surface area contributed by atoms with E-state index >= 15 is 0 Å². The average molecular weight is 266 g/mol. The maximum absolute atomic E-state index is 4.60. The van der Waals surface area contributed by atoms with E-state index in [1.165, 1.54) is 12.8 Å². The van der Waals surface area contributed by atoms with E-state index in [2.05, 4.69) is 27.2 Å². The number of hydrogen-bond donors (Lipinski definition) is 2. The lowest BCUT2D eigenvalue weighted by Crippen LogP contribution is -2.08. The van der Waals surface area contributed by atoms with Gasteiger partial charge in [-0.15, -0.1) is 6.58 Å². The van der Waals surface area contributed by atoms with Gasteiger partial charge in [0.05, 0.1) is 0 Å². The minimum atomic E-state index is 0.570. The number of rotatable bonds is 6. The van der Waals surface area contributed by atoms with Gasteiger partial charge in [-0.3, -0.25) is 0 Å². The second-order valence-corrected chi connectivity index (χ2v) is 4.92. The first-order valence-corrected chi connectivity index (χ1v) is 6.91. The van der Waals surface area contributed by atoms with Crippen LogP contribution in [-0.2, 0) is 0 Å². The maximum atomic E-state index is 4.60. The molecule has 1 saturated carbocycles. The first-order valence-electron chi connectivity index (χ1n) is 6.91. The Hall–Kier alpha value is -2.36. The summed E-state index contributed by atoms with van der Waals surface area (Å²) in [6.45, 7) is 4.40. The minimum absolute atomic E-state index is 0.570. The van der Waals surface area contributed by atoms with Gasteiger partial charge in [0.25, 0.3) is 0 Å². The van der Waals surface area contributed by atoms with E-state index in [-0.39, 0.29) is 0 Å². The number of hydrogen-bond acceptors (Lipinski definition) is 4. The first-order chi connectivity index (χ1) is 9.85. The van der Waals surface area contributed by atoms with Crippen LogP contribution in [0.25, 0.3) is 11.4 Å². The van der Waals surface area contributed by atoms with Crippen LogP contribution < -0.4 is 10.6 Å². The Bertz CT molecular complexity index is 591. The van der Waals surface area contributed by atoms with Crippen molar-refractivity contribution in [1.82, 2.24) is 9.97 Å². The molecule has 4 heteroatoms. The van der Waals surface area contributed by atoms with Crippen molar-refractivity contribution in [1.29, 1.82) is 0 Å². The van der Waals surface area contributed by atoms with Crippen molar-refractivity contribution in [2.75, 3.05) is 17.2 Å². The molecule has 0 amide bonds. The van der Waals surface area contributed by atoms with E-state index in [0.717, 1.165) is 23.0 Å². The molecule has 1 heterocycles. The Morgan fingerprint density at radius 3 is 2.60 bits per heavy atom. The number of nitrogens with one attached hydrogen (secondary N) is 2. The summed E-state index contributed by atoms with van der Waals surface area (Å²) in [7, 11) is 0. The van der Waals surface area contributed by atoms with E-state index in [9.17, 15) is 0 Å². The molecule has 20 heavy (non-hydrogen) atoms. The second kappa shape index (κ2) is 5.74. The highest BCUT2D eigenvalue weighted by atomic mass is 15.1. The number of nitrogens with zero attached hydrogens (tertiary/aromatic N) is 2. The normalized spacial score (nSPS) is 13.8. The van der Waals surface area contributed by atoms with Crippen LogP contribution in [-0.4, -0.2) is 22.6 Å². The van der Waals surface area contributed by atoms with Crippen molar-refractivity contribution < 1.29 is 0 Å². The topological polar surface area (TPSA) is 49.8 Å². The third-order valence-corrected chi connectivity index (χ3v) is 3.12. The molecule has 3 rings (SSSR count). The summed E-state index contributed by atoms with van der Waals surface area (Å²) < 4.78 is 0. The van der Waals surface area contributed by atoms with Gasteiger partial charge in [-0.2, -0.15) is 0 Å². The van der Waals surface area contributed by atoms with Crippen molar-refractivity contribution in [2.45, 2.75) is 18.9 Å². The molecule has 2 aromatic rings. The zero-order valence-corrected chi connectivity index (χ0v) is 11.3. The SMILES string of the molecule is C=CCNc1cc(NC2CC2)nc(-c2ccccc2)n1. The van der Waals surface area contributed by atoms with Crippen LogP contribution in [0.4, 0.5) is 11.6 Å². The van der Waals surface area contributed by atoms with Gasteiger partial charge < -0.3 is 10.6 Å². The molecule has 1 aromatic carbocycles. The van der Waals surface area contributed by atoms with Gasteiger partial charge in [-0.1, -0.05) is 36.4 Å². The summed E-state index contributed by atoms with van der Waals surface area (Å²) in [5.74, 6) is 2.44. The smallest absolute Gasteiger partial charge is 0.163 e. The van der Waals surface area contributed by atoms with Crippen LogP contribution in [0.15, 0.2) is 49.1 Å². The summed E-state index contributed by atoms with van der Waals surface area (Å²) >= 11 is 0. The van der Waals surface area contributed by atoms with E-state index in [1.807, 2.05) is 42.5 Å². The largest absolute Gasteiger partial charge is 0.367 e. The summed E-state index contributed by atoms with van der Waals surface area (Å²) in [6.07, 6.45) is 4.26. The molecule has 0 bridgehead atoms. The molecule has 2 N–H and O–H groups in total. The Morgan fingerprint density at radius 1 is 1.15 bits per heavy atom. The van der Waals surface area contributed by atoms with Crippen LogP contribution in [0.2, 0.25) is 0 Å². The zero-order valence-electron chi connectivity index (χ0n) is 11.3. The van der Waals surface area contributed by atoms with Gasteiger partial charge in [-0.25, -0.2) is 9.97 Å². The Kier molecular flexibility index (Phi) is 3.63. The fourth-order valence-electron chi connectivity index (χ4n) is 1.94. The molecule has 1 aliphatic carbocycles. The molecular formula is C16H18N4. The van der Waals surface area contributed by atoms with Gasteiger partial charge in [0, 0.05) is 24.2 Å². The van der Waals surface area contributed by atoms with E-state index in [4.69, 9.17) is 0 Å². The van der Waals surface area contributed by atoms with Crippen molar-refractivity contribution in [3.8, 4) is 11.4 Å². The first kappa shape index (κ1) is 12.7. The summed E-state index contributed by atoms with van der Waals surface area (Å²) in [5, 5.41) is 6.66. The molecule has 0 spiro atoms. The lowest BCUT2D eigenvalue weighted by Gasteiger charge is -2.10. The highest BCUT2D eigenvalue weighted by Crippen LogP contribution is 2.26. The van der Waals surface area contributed by atoms with Crippen molar-refractivity contribution in [2.24, 2.45) is 0 Å². The lowest BCUT2D eigenvalue weighted by atomic mass is 10.2. The predicted molar refractivity (Wildman–Crippen MR) is 82.8 cm³/mol. The molecule has 1 aliphatic rings.